The molecule has 0 fully saturated rings. The van der Waals surface area contributed by atoms with Gasteiger partial charge in [-0.2, -0.15) is 0 Å². The fraction of sp³-hybridized carbons (Fsp3) is 0.250. The Labute approximate surface area is 98.8 Å². The molecule has 0 amide bonds. The molecule has 0 saturated carbocycles. The number of hydrogen-bond acceptors (Lipinski definition) is 2. The summed E-state index contributed by atoms with van der Waals surface area (Å²) in [5.74, 6) is -2.70. The highest BCUT2D eigenvalue weighted by Crippen LogP contribution is 2.26. The fourth-order valence-corrected chi connectivity index (χ4v) is 2.60. The average Bonchev–Trinajstić information content (AvgIpc) is 2.08. The van der Waals surface area contributed by atoms with Gasteiger partial charge in [-0.15, -0.1) is 0 Å². The monoisotopic (exact) mass is 318 g/mol. The lowest BCUT2D eigenvalue weighted by Crippen LogP contribution is -2.04. The van der Waals surface area contributed by atoms with E-state index < -0.39 is 32.0 Å². The van der Waals surface area contributed by atoms with Crippen molar-refractivity contribution in [2.45, 2.75) is 12.7 Å². The Hall–Kier alpha value is -0.200. The molecule has 1 aromatic rings. The summed E-state index contributed by atoms with van der Waals surface area (Å²) in [4.78, 5) is 0. The molecule has 0 unspecified atom stereocenters. The second-order valence-electron chi connectivity index (χ2n) is 2.96. The molecule has 0 saturated heterocycles. The summed E-state index contributed by atoms with van der Waals surface area (Å²) in [6.07, 6.45) is 0. The second-order valence-corrected chi connectivity index (χ2v) is 6.60. The normalized spacial score (nSPS) is 11.8. The van der Waals surface area contributed by atoms with E-state index in [0.717, 1.165) is 0 Å². The van der Waals surface area contributed by atoms with Crippen LogP contribution in [-0.2, 0) is 14.8 Å². The third-order valence-corrected chi connectivity index (χ3v) is 3.28. The van der Waals surface area contributed by atoms with Crippen LogP contribution >= 0.6 is 26.6 Å². The van der Waals surface area contributed by atoms with E-state index in [1.807, 2.05) is 0 Å². The largest absolute Gasteiger partial charge is 0.236 e. The minimum absolute atomic E-state index is 0.0108. The zero-order valence-corrected chi connectivity index (χ0v) is 10.7. The molecule has 0 heterocycles. The molecule has 15 heavy (non-hydrogen) atoms. The summed E-state index contributed by atoms with van der Waals surface area (Å²) >= 11 is 2.86. The lowest BCUT2D eigenvalue weighted by Gasteiger charge is -2.07. The molecule has 0 N–H and O–H groups in total. The predicted octanol–water partition coefficient (Wildman–Crippen LogP) is 3.10. The zero-order chi connectivity index (χ0) is 11.8. The van der Waals surface area contributed by atoms with Crippen LogP contribution in [0.4, 0.5) is 8.78 Å². The van der Waals surface area contributed by atoms with Crippen molar-refractivity contribution in [3.63, 3.8) is 0 Å². The van der Waals surface area contributed by atoms with Crippen molar-refractivity contribution in [3.8, 4) is 0 Å². The van der Waals surface area contributed by atoms with E-state index in [1.54, 1.807) is 0 Å². The molecule has 0 aliphatic heterocycles. The summed E-state index contributed by atoms with van der Waals surface area (Å²) in [6, 6.07) is 1.23. The zero-order valence-electron chi connectivity index (χ0n) is 7.52. The Balaban J connectivity index is 3.40. The van der Waals surface area contributed by atoms with E-state index in [0.29, 0.717) is 0 Å². The van der Waals surface area contributed by atoms with Crippen LogP contribution in [-0.4, -0.2) is 8.42 Å². The van der Waals surface area contributed by atoms with Crippen molar-refractivity contribution in [2.24, 2.45) is 0 Å². The molecule has 7 heteroatoms. The van der Waals surface area contributed by atoms with Gasteiger partial charge in [0.2, 0.25) is 9.05 Å². The first-order chi connectivity index (χ1) is 6.72. The molecule has 1 rings (SSSR count). The molecule has 2 nitrogen and oxygen atoms in total. The van der Waals surface area contributed by atoms with E-state index in [-0.39, 0.29) is 10.0 Å². The highest BCUT2D eigenvalue weighted by Gasteiger charge is 2.20. The summed E-state index contributed by atoms with van der Waals surface area (Å²) in [5, 5.41) is 0. The van der Waals surface area contributed by atoms with Gasteiger partial charge in [0.05, 0.1) is 10.2 Å². The van der Waals surface area contributed by atoms with Gasteiger partial charge in [-0.25, -0.2) is 17.2 Å². The van der Waals surface area contributed by atoms with E-state index in [9.17, 15) is 17.2 Å². The first-order valence-electron chi connectivity index (χ1n) is 3.77. The molecule has 84 valence electrons. The first-order valence-corrected chi connectivity index (χ1v) is 7.05. The van der Waals surface area contributed by atoms with E-state index >= 15 is 0 Å². The highest BCUT2D eigenvalue weighted by molar-refractivity contribution is 9.10. The molecule has 1 aromatic carbocycles. The minimum Gasteiger partial charge on any atom is -0.212 e. The van der Waals surface area contributed by atoms with E-state index in [2.05, 4.69) is 15.9 Å². The summed E-state index contributed by atoms with van der Waals surface area (Å²) in [5.41, 5.74) is -0.393. The van der Waals surface area contributed by atoms with Crippen LogP contribution in [0.25, 0.3) is 0 Å². The number of aryl methyl sites for hydroxylation is 1. The molecule has 0 spiro atoms. The van der Waals surface area contributed by atoms with Gasteiger partial charge in [0.25, 0.3) is 0 Å². The number of halogens is 4. The van der Waals surface area contributed by atoms with Crippen LogP contribution in [0.15, 0.2) is 10.5 Å². The smallest absolute Gasteiger partial charge is 0.212 e. The number of hydrogen-bond donors (Lipinski definition) is 0. The number of rotatable bonds is 2. The van der Waals surface area contributed by atoms with Crippen molar-refractivity contribution in [3.05, 3.63) is 33.3 Å². The van der Waals surface area contributed by atoms with Crippen LogP contribution < -0.4 is 0 Å². The van der Waals surface area contributed by atoms with Gasteiger partial charge in [0.15, 0.2) is 0 Å². The van der Waals surface area contributed by atoms with Gasteiger partial charge in [-0.3, -0.25) is 0 Å². The van der Waals surface area contributed by atoms with Gasteiger partial charge < -0.3 is 0 Å². The summed E-state index contributed by atoms with van der Waals surface area (Å²) < 4.78 is 48.3. The standard InChI is InChI=1S/C8H6BrClF2O2S/c1-4-2-6(9)8(12)5(7(4)11)3-15(10,13)14/h2H,3H2,1H3. The van der Waals surface area contributed by atoms with Crippen LogP contribution in [0.2, 0.25) is 0 Å². The molecule has 0 atom stereocenters. The van der Waals surface area contributed by atoms with Gasteiger partial charge >= 0.3 is 0 Å². The van der Waals surface area contributed by atoms with Gasteiger partial charge in [0.1, 0.15) is 11.6 Å². The third-order valence-electron chi connectivity index (χ3n) is 1.75. The SMILES string of the molecule is Cc1cc(Br)c(F)c(CS(=O)(=O)Cl)c1F. The van der Waals surface area contributed by atoms with Crippen molar-refractivity contribution in [1.29, 1.82) is 0 Å². The molecule has 0 aliphatic rings. The first kappa shape index (κ1) is 12.9. The van der Waals surface area contributed by atoms with Gasteiger partial charge in [-0.1, -0.05) is 0 Å². The summed E-state index contributed by atoms with van der Waals surface area (Å²) in [6.45, 7) is 1.41. The van der Waals surface area contributed by atoms with Crippen LogP contribution in [0.5, 0.6) is 0 Å². The van der Waals surface area contributed by atoms with Crippen molar-refractivity contribution in [2.75, 3.05) is 0 Å². The Morgan fingerprint density at radius 3 is 2.40 bits per heavy atom. The second kappa shape index (κ2) is 4.35. The van der Waals surface area contributed by atoms with Crippen molar-refractivity contribution >= 4 is 35.7 Å². The van der Waals surface area contributed by atoms with Gasteiger partial charge in [-0.05, 0) is 34.5 Å². The van der Waals surface area contributed by atoms with Crippen LogP contribution in [0, 0.1) is 18.6 Å². The van der Waals surface area contributed by atoms with Gasteiger partial charge in [0, 0.05) is 16.2 Å². The highest BCUT2D eigenvalue weighted by atomic mass is 79.9. The van der Waals surface area contributed by atoms with Crippen LogP contribution in [0.1, 0.15) is 11.1 Å². The Kier molecular flexibility index (Phi) is 3.73. The fourth-order valence-electron chi connectivity index (χ4n) is 1.09. The maximum Gasteiger partial charge on any atom is 0.236 e. The predicted molar refractivity (Wildman–Crippen MR) is 57.3 cm³/mol. The van der Waals surface area contributed by atoms with Crippen molar-refractivity contribution < 1.29 is 17.2 Å². The molecular weight excluding hydrogens is 314 g/mol. The average molecular weight is 320 g/mol. The topological polar surface area (TPSA) is 34.1 Å². The van der Waals surface area contributed by atoms with Crippen molar-refractivity contribution in [1.82, 2.24) is 0 Å². The Bertz CT molecular complexity index is 476. The Morgan fingerprint density at radius 2 is 1.93 bits per heavy atom. The molecule has 0 aromatic heterocycles. The lowest BCUT2D eigenvalue weighted by molar-refractivity contribution is 0.550. The van der Waals surface area contributed by atoms with Crippen LogP contribution in [0.3, 0.4) is 0 Å². The third kappa shape index (κ3) is 3.12. The Morgan fingerprint density at radius 1 is 1.40 bits per heavy atom. The number of benzene rings is 1. The quantitative estimate of drug-likeness (QED) is 0.620. The molecule has 0 radical (unpaired) electrons. The molecular formula is C8H6BrClF2O2S. The maximum absolute atomic E-state index is 13.4. The van der Waals surface area contributed by atoms with E-state index in [1.165, 1.54) is 13.0 Å². The van der Waals surface area contributed by atoms with E-state index in [4.69, 9.17) is 10.7 Å². The molecule has 0 aliphatic carbocycles. The lowest BCUT2D eigenvalue weighted by atomic mass is 10.1. The summed E-state index contributed by atoms with van der Waals surface area (Å²) in [7, 11) is 0.956. The molecule has 0 bridgehead atoms. The maximum atomic E-state index is 13.4. The minimum atomic E-state index is -3.98.